The molecule has 30 heavy (non-hydrogen) atoms. The monoisotopic (exact) mass is 434 g/mol. The first-order chi connectivity index (χ1) is 14.6. The van der Waals surface area contributed by atoms with Gasteiger partial charge in [0, 0.05) is 15.8 Å². The number of aromatic nitrogens is 4. The number of nitrogens with zero attached hydrogens (tertiary/aromatic N) is 4. The highest BCUT2D eigenvalue weighted by Crippen LogP contribution is 2.39. The number of nitrogens with one attached hydrogen (secondary N) is 2. The molecule has 9 heteroatoms. The average Bonchev–Trinajstić information content (AvgIpc) is 3.28. The lowest BCUT2D eigenvalue weighted by Gasteiger charge is -2.17. The van der Waals surface area contributed by atoms with Crippen LogP contribution in [0.3, 0.4) is 0 Å². The van der Waals surface area contributed by atoms with E-state index in [1.54, 1.807) is 0 Å². The molecule has 1 aromatic carbocycles. The summed E-state index contributed by atoms with van der Waals surface area (Å²) in [4.78, 5) is 21.5. The number of nitriles is 1. The molecule has 5 rings (SSSR count). The molecule has 1 amide bonds. The minimum Gasteiger partial charge on any atom is -0.338 e. The summed E-state index contributed by atoms with van der Waals surface area (Å²) in [7, 11) is 0. The average molecular weight is 435 g/mol. The van der Waals surface area contributed by atoms with Gasteiger partial charge in [-0.2, -0.15) is 5.26 Å². The van der Waals surface area contributed by atoms with Gasteiger partial charge in [0.25, 0.3) is 0 Å². The van der Waals surface area contributed by atoms with Gasteiger partial charge in [0.05, 0.1) is 11.3 Å². The van der Waals surface area contributed by atoms with Crippen LogP contribution in [0.1, 0.15) is 29.3 Å². The highest BCUT2D eigenvalue weighted by atomic mass is 32.2. The maximum atomic E-state index is 12.5. The number of para-hydroxylation sites is 1. The molecule has 1 atom stereocenters. The van der Waals surface area contributed by atoms with Crippen LogP contribution in [0, 0.1) is 17.2 Å². The van der Waals surface area contributed by atoms with Gasteiger partial charge in [-0.3, -0.25) is 4.79 Å². The molecule has 0 spiro atoms. The van der Waals surface area contributed by atoms with Gasteiger partial charge in [0.15, 0.2) is 5.65 Å². The van der Waals surface area contributed by atoms with Crippen LogP contribution in [0.15, 0.2) is 29.4 Å². The van der Waals surface area contributed by atoms with Crippen LogP contribution in [0.4, 0.5) is 5.00 Å². The number of hydrogen-bond donors (Lipinski definition) is 2. The highest BCUT2D eigenvalue weighted by molar-refractivity contribution is 7.99. The van der Waals surface area contributed by atoms with Crippen molar-refractivity contribution in [3.05, 3.63) is 40.3 Å². The Hall–Kier alpha value is -2.96. The van der Waals surface area contributed by atoms with E-state index in [-0.39, 0.29) is 11.7 Å². The van der Waals surface area contributed by atoms with E-state index in [9.17, 15) is 10.1 Å². The van der Waals surface area contributed by atoms with Gasteiger partial charge >= 0.3 is 0 Å². The Morgan fingerprint density at radius 2 is 2.27 bits per heavy atom. The summed E-state index contributed by atoms with van der Waals surface area (Å²) in [5, 5.41) is 23.0. The normalized spacial score (nSPS) is 15.8. The van der Waals surface area contributed by atoms with E-state index in [2.05, 4.69) is 38.5 Å². The maximum absolute atomic E-state index is 12.5. The lowest BCUT2D eigenvalue weighted by molar-refractivity contribution is -0.113. The zero-order valence-electron chi connectivity index (χ0n) is 16.2. The predicted molar refractivity (Wildman–Crippen MR) is 119 cm³/mol. The molecule has 2 N–H and O–H groups in total. The number of anilines is 1. The summed E-state index contributed by atoms with van der Waals surface area (Å²) >= 11 is 2.76. The van der Waals surface area contributed by atoms with E-state index < -0.39 is 0 Å². The molecule has 3 aromatic heterocycles. The molecule has 4 aromatic rings. The number of rotatable bonds is 4. The number of benzene rings is 1. The van der Waals surface area contributed by atoms with Crippen molar-refractivity contribution in [3.63, 3.8) is 0 Å². The van der Waals surface area contributed by atoms with Crippen molar-refractivity contribution < 1.29 is 4.79 Å². The van der Waals surface area contributed by atoms with Crippen LogP contribution in [-0.2, 0) is 17.6 Å². The molecule has 3 heterocycles. The van der Waals surface area contributed by atoms with Crippen LogP contribution >= 0.6 is 23.1 Å². The zero-order chi connectivity index (χ0) is 20.7. The summed E-state index contributed by atoms with van der Waals surface area (Å²) in [5.74, 6) is 0.589. The van der Waals surface area contributed by atoms with E-state index >= 15 is 0 Å². The van der Waals surface area contributed by atoms with Crippen molar-refractivity contribution in [1.82, 2.24) is 20.2 Å². The minimum absolute atomic E-state index is 0.150. The standard InChI is InChI=1S/C21H18N6OS2/c1-11-6-7-12-14(9-22)20(30-16(12)8-11)24-17(28)10-29-21-25-19-18(26-27-21)13-4-2-3-5-15(13)23-19/h2-5,11H,6-8,10H2,1H3,(H,24,28)(H,23,25,27)/t11-/m1/s1. The van der Waals surface area contributed by atoms with Crippen molar-refractivity contribution in [2.24, 2.45) is 5.92 Å². The second kappa shape index (κ2) is 7.70. The van der Waals surface area contributed by atoms with Crippen LogP contribution in [-0.4, -0.2) is 31.8 Å². The van der Waals surface area contributed by atoms with Crippen LogP contribution < -0.4 is 5.32 Å². The first kappa shape index (κ1) is 19.0. The Morgan fingerprint density at radius 3 is 3.13 bits per heavy atom. The molecule has 0 bridgehead atoms. The Labute approximate surface area is 180 Å². The molecular formula is C21H18N6OS2. The molecule has 1 aliphatic rings. The van der Waals surface area contributed by atoms with Gasteiger partial charge in [-0.05, 0) is 36.8 Å². The van der Waals surface area contributed by atoms with E-state index in [4.69, 9.17) is 0 Å². The number of fused-ring (bicyclic) bond motifs is 4. The molecule has 0 saturated heterocycles. The van der Waals surface area contributed by atoms with E-state index in [1.165, 1.54) is 28.0 Å². The van der Waals surface area contributed by atoms with Gasteiger partial charge in [-0.1, -0.05) is 36.9 Å². The largest absolute Gasteiger partial charge is 0.338 e. The third kappa shape index (κ3) is 3.42. The number of H-pyrrole nitrogens is 1. The smallest absolute Gasteiger partial charge is 0.235 e. The second-order valence-corrected chi connectivity index (χ2v) is 9.51. The molecule has 0 saturated carbocycles. The quantitative estimate of drug-likeness (QED) is 0.464. The fourth-order valence-corrected chi connectivity index (χ4v) is 5.78. The number of hydrogen-bond acceptors (Lipinski definition) is 7. The molecule has 0 aliphatic heterocycles. The molecule has 150 valence electrons. The molecule has 0 unspecified atom stereocenters. The van der Waals surface area contributed by atoms with Crippen molar-refractivity contribution in [2.45, 2.75) is 31.3 Å². The number of carbonyl (C=O) groups excluding carboxylic acids is 1. The molecule has 1 aliphatic carbocycles. The summed E-state index contributed by atoms with van der Waals surface area (Å²) < 4.78 is 0. The van der Waals surface area contributed by atoms with E-state index in [0.717, 1.165) is 41.2 Å². The Bertz CT molecular complexity index is 1320. The van der Waals surface area contributed by atoms with Crippen molar-refractivity contribution in [2.75, 3.05) is 11.1 Å². The Balaban J connectivity index is 1.30. The van der Waals surface area contributed by atoms with E-state index in [1.807, 2.05) is 24.3 Å². The Morgan fingerprint density at radius 1 is 1.40 bits per heavy atom. The topological polar surface area (TPSA) is 107 Å². The van der Waals surface area contributed by atoms with E-state index in [0.29, 0.717) is 27.3 Å². The maximum Gasteiger partial charge on any atom is 0.235 e. The minimum atomic E-state index is -0.177. The number of thioether (sulfide) groups is 1. The summed E-state index contributed by atoms with van der Waals surface area (Å²) in [5.41, 5.74) is 4.06. The SMILES string of the molecule is C[C@@H]1CCc2c(sc(NC(=O)CSc3nnc4c(n3)[nH]c3ccccc34)c2C#N)C1. The molecule has 0 fully saturated rings. The van der Waals surface area contributed by atoms with Crippen molar-refractivity contribution >= 4 is 56.1 Å². The van der Waals surface area contributed by atoms with Crippen molar-refractivity contribution in [3.8, 4) is 6.07 Å². The first-order valence-electron chi connectivity index (χ1n) is 9.71. The van der Waals surface area contributed by atoms with Gasteiger partial charge in [0.2, 0.25) is 11.1 Å². The zero-order valence-corrected chi connectivity index (χ0v) is 17.9. The first-order valence-corrected chi connectivity index (χ1v) is 11.5. The van der Waals surface area contributed by atoms with Crippen LogP contribution in [0.2, 0.25) is 0 Å². The fourth-order valence-electron chi connectivity index (χ4n) is 3.82. The number of carbonyl (C=O) groups is 1. The molecular weight excluding hydrogens is 416 g/mol. The number of amides is 1. The lowest BCUT2D eigenvalue weighted by atomic mass is 9.89. The van der Waals surface area contributed by atoms with Crippen LogP contribution in [0.5, 0.6) is 0 Å². The highest BCUT2D eigenvalue weighted by Gasteiger charge is 2.24. The van der Waals surface area contributed by atoms with Gasteiger partial charge < -0.3 is 10.3 Å². The number of thiophene rings is 1. The lowest BCUT2D eigenvalue weighted by Crippen LogP contribution is -2.14. The van der Waals surface area contributed by atoms with Gasteiger partial charge in [-0.25, -0.2) is 4.98 Å². The third-order valence-corrected chi connectivity index (χ3v) is 7.32. The Kier molecular flexibility index (Phi) is 4.89. The predicted octanol–water partition coefficient (Wildman–Crippen LogP) is 4.29. The fraction of sp³-hybridized carbons (Fsp3) is 0.286. The second-order valence-electron chi connectivity index (χ2n) is 7.47. The summed E-state index contributed by atoms with van der Waals surface area (Å²) in [6, 6.07) is 10.1. The van der Waals surface area contributed by atoms with Gasteiger partial charge in [0.1, 0.15) is 16.6 Å². The van der Waals surface area contributed by atoms with Crippen LogP contribution in [0.25, 0.3) is 22.1 Å². The third-order valence-electron chi connectivity index (χ3n) is 5.31. The number of aromatic amines is 1. The van der Waals surface area contributed by atoms with Gasteiger partial charge in [-0.15, -0.1) is 21.5 Å². The summed E-state index contributed by atoms with van der Waals surface area (Å²) in [6.45, 7) is 2.22. The summed E-state index contributed by atoms with van der Waals surface area (Å²) in [6.07, 6.45) is 2.97. The molecule has 0 radical (unpaired) electrons. The molecule has 7 nitrogen and oxygen atoms in total. The van der Waals surface area contributed by atoms with Crippen molar-refractivity contribution in [1.29, 1.82) is 5.26 Å².